The van der Waals surface area contributed by atoms with Gasteiger partial charge >= 0.3 is 0 Å². The van der Waals surface area contributed by atoms with Gasteiger partial charge in [-0.1, -0.05) is 24.8 Å². The maximum absolute atomic E-state index is 13.3. The van der Waals surface area contributed by atoms with Gasteiger partial charge in [0.1, 0.15) is 0 Å². The minimum Gasteiger partial charge on any atom is -0.491 e. The summed E-state index contributed by atoms with van der Waals surface area (Å²) in [5.74, 6) is -0.0516. The molecule has 0 aliphatic rings. The molecule has 0 radical (unpaired) electrons. The highest BCUT2D eigenvalue weighted by Gasteiger charge is 2.04. The maximum atomic E-state index is 13.3. The Kier molecular flexibility index (Phi) is 2.86. The van der Waals surface area contributed by atoms with Gasteiger partial charge in [0, 0.05) is 5.56 Å². The summed E-state index contributed by atoms with van der Waals surface area (Å²) < 4.78 is 18.3. The molecule has 2 heteroatoms. The number of rotatable bonds is 3. The van der Waals surface area contributed by atoms with E-state index in [1.54, 1.807) is 18.2 Å². The lowest BCUT2D eigenvalue weighted by Crippen LogP contribution is -1.95. The van der Waals surface area contributed by atoms with E-state index in [4.69, 9.17) is 4.74 Å². The molecule has 1 nitrogen and oxygen atoms in total. The quantitative estimate of drug-likeness (QED) is 0.670. The fraction of sp³-hybridized carbons (Fsp3) is 0.200. The van der Waals surface area contributed by atoms with Gasteiger partial charge in [-0.3, -0.25) is 0 Å². The van der Waals surface area contributed by atoms with Crippen LogP contribution >= 0.6 is 0 Å². The molecular weight excluding hydrogens is 155 g/mol. The fourth-order valence-electron chi connectivity index (χ4n) is 0.952. The van der Waals surface area contributed by atoms with E-state index in [2.05, 4.69) is 6.58 Å². The second-order valence-electron chi connectivity index (χ2n) is 2.30. The Hall–Kier alpha value is -1.31. The van der Waals surface area contributed by atoms with Crippen LogP contribution in [0.15, 0.2) is 24.8 Å². The Balaban J connectivity index is 3.04. The first kappa shape index (κ1) is 8.78. The third kappa shape index (κ3) is 1.64. The van der Waals surface area contributed by atoms with Crippen LogP contribution in [0.3, 0.4) is 0 Å². The fourth-order valence-corrected chi connectivity index (χ4v) is 0.952. The molecule has 0 saturated carbocycles. The van der Waals surface area contributed by atoms with Crippen LogP contribution in [0, 0.1) is 5.82 Å². The van der Waals surface area contributed by atoms with Gasteiger partial charge in [0.15, 0.2) is 11.6 Å². The third-order valence-corrected chi connectivity index (χ3v) is 1.51. The van der Waals surface area contributed by atoms with Crippen molar-refractivity contribution in [3.05, 3.63) is 36.2 Å². The van der Waals surface area contributed by atoms with E-state index < -0.39 is 0 Å². The van der Waals surface area contributed by atoms with Crippen LogP contribution in [0.25, 0.3) is 6.08 Å². The molecular formula is C10H11FO. The van der Waals surface area contributed by atoms with Crippen molar-refractivity contribution in [1.82, 2.24) is 0 Å². The minimum absolute atomic E-state index is 0.287. The van der Waals surface area contributed by atoms with Crippen molar-refractivity contribution in [3.8, 4) is 5.75 Å². The average Bonchev–Trinajstić information content (AvgIpc) is 2.09. The SMILES string of the molecule is C=Cc1cccc(OCC)c1F. The van der Waals surface area contributed by atoms with Gasteiger partial charge in [0.25, 0.3) is 0 Å². The smallest absolute Gasteiger partial charge is 0.172 e. The first-order valence-electron chi connectivity index (χ1n) is 3.83. The van der Waals surface area contributed by atoms with Crippen LogP contribution in [-0.2, 0) is 0 Å². The molecule has 0 aromatic heterocycles. The van der Waals surface area contributed by atoms with Crippen molar-refractivity contribution in [1.29, 1.82) is 0 Å². The van der Waals surface area contributed by atoms with E-state index in [0.29, 0.717) is 12.2 Å². The van der Waals surface area contributed by atoms with Gasteiger partial charge in [0.2, 0.25) is 0 Å². The lowest BCUT2D eigenvalue weighted by molar-refractivity contribution is 0.321. The molecule has 1 aromatic rings. The Morgan fingerprint density at radius 1 is 1.58 bits per heavy atom. The molecule has 0 fully saturated rings. The molecule has 12 heavy (non-hydrogen) atoms. The van der Waals surface area contributed by atoms with Gasteiger partial charge < -0.3 is 4.74 Å². The molecule has 0 bridgehead atoms. The highest BCUT2D eigenvalue weighted by Crippen LogP contribution is 2.20. The van der Waals surface area contributed by atoms with Crippen LogP contribution in [0.1, 0.15) is 12.5 Å². The van der Waals surface area contributed by atoms with Gasteiger partial charge in [-0.2, -0.15) is 0 Å². The highest BCUT2D eigenvalue weighted by molar-refractivity contribution is 5.50. The molecule has 1 aromatic carbocycles. The van der Waals surface area contributed by atoms with Crippen molar-refractivity contribution in [3.63, 3.8) is 0 Å². The molecule has 0 aliphatic heterocycles. The van der Waals surface area contributed by atoms with E-state index in [1.807, 2.05) is 6.92 Å². The van der Waals surface area contributed by atoms with Crippen molar-refractivity contribution in [2.45, 2.75) is 6.92 Å². The Labute approximate surface area is 71.5 Å². The molecule has 0 atom stereocenters. The molecule has 0 aliphatic carbocycles. The number of hydrogen-bond acceptors (Lipinski definition) is 1. The predicted molar refractivity (Wildman–Crippen MR) is 47.7 cm³/mol. The van der Waals surface area contributed by atoms with Gasteiger partial charge in [0.05, 0.1) is 6.61 Å². The molecule has 1 rings (SSSR count). The maximum Gasteiger partial charge on any atom is 0.172 e. The molecule has 0 unspecified atom stereocenters. The number of benzene rings is 1. The van der Waals surface area contributed by atoms with Crippen molar-refractivity contribution >= 4 is 6.08 Å². The summed E-state index contributed by atoms with van der Waals surface area (Å²) in [6, 6.07) is 5.00. The number of hydrogen-bond donors (Lipinski definition) is 0. The van der Waals surface area contributed by atoms with E-state index >= 15 is 0 Å². The zero-order valence-corrected chi connectivity index (χ0v) is 7.01. The number of ether oxygens (including phenoxy) is 1. The van der Waals surface area contributed by atoms with E-state index in [-0.39, 0.29) is 11.6 Å². The molecule has 0 heterocycles. The van der Waals surface area contributed by atoms with Crippen LogP contribution in [0.5, 0.6) is 5.75 Å². The summed E-state index contributed by atoms with van der Waals surface area (Å²) in [6.45, 7) is 5.79. The predicted octanol–water partition coefficient (Wildman–Crippen LogP) is 2.87. The summed E-state index contributed by atoms with van der Waals surface area (Å²) in [7, 11) is 0. The molecule has 64 valence electrons. The van der Waals surface area contributed by atoms with E-state index in [1.165, 1.54) is 6.08 Å². The zero-order chi connectivity index (χ0) is 8.97. The van der Waals surface area contributed by atoms with Crippen molar-refractivity contribution in [2.75, 3.05) is 6.61 Å². The summed E-state index contributed by atoms with van der Waals surface area (Å²) in [4.78, 5) is 0. The first-order valence-corrected chi connectivity index (χ1v) is 3.83. The molecule has 0 spiro atoms. The molecule has 0 amide bonds. The first-order chi connectivity index (χ1) is 5.79. The van der Waals surface area contributed by atoms with Gasteiger partial charge in [-0.05, 0) is 13.0 Å². The summed E-state index contributed by atoms with van der Waals surface area (Å²) in [5.41, 5.74) is 0.473. The van der Waals surface area contributed by atoms with Gasteiger partial charge in [-0.25, -0.2) is 4.39 Å². The van der Waals surface area contributed by atoms with Crippen LogP contribution < -0.4 is 4.74 Å². The van der Waals surface area contributed by atoms with Crippen molar-refractivity contribution < 1.29 is 9.13 Å². The lowest BCUT2D eigenvalue weighted by Gasteiger charge is -2.05. The zero-order valence-electron chi connectivity index (χ0n) is 7.01. The minimum atomic E-state index is -0.339. The molecule has 0 saturated heterocycles. The Bertz CT molecular complexity index is 281. The van der Waals surface area contributed by atoms with E-state index in [0.717, 1.165) is 0 Å². The van der Waals surface area contributed by atoms with Gasteiger partial charge in [-0.15, -0.1) is 0 Å². The number of halogens is 1. The monoisotopic (exact) mass is 166 g/mol. The van der Waals surface area contributed by atoms with E-state index in [9.17, 15) is 4.39 Å². The lowest BCUT2D eigenvalue weighted by atomic mass is 10.2. The highest BCUT2D eigenvalue weighted by atomic mass is 19.1. The second kappa shape index (κ2) is 3.90. The topological polar surface area (TPSA) is 9.23 Å². The average molecular weight is 166 g/mol. The standard InChI is InChI=1S/C10H11FO/c1-3-8-6-5-7-9(10(8)11)12-4-2/h3,5-7H,1,4H2,2H3. The van der Waals surface area contributed by atoms with Crippen LogP contribution in [-0.4, -0.2) is 6.61 Å². The van der Waals surface area contributed by atoms with Crippen LogP contribution in [0.2, 0.25) is 0 Å². The summed E-state index contributed by atoms with van der Waals surface area (Å²) >= 11 is 0. The Morgan fingerprint density at radius 2 is 2.33 bits per heavy atom. The summed E-state index contributed by atoms with van der Waals surface area (Å²) in [5, 5.41) is 0. The van der Waals surface area contributed by atoms with Crippen molar-refractivity contribution in [2.24, 2.45) is 0 Å². The normalized spacial score (nSPS) is 9.50. The van der Waals surface area contributed by atoms with Crippen LogP contribution in [0.4, 0.5) is 4.39 Å². The molecule has 0 N–H and O–H groups in total. The summed E-state index contributed by atoms with van der Waals surface area (Å²) in [6.07, 6.45) is 1.47. The largest absolute Gasteiger partial charge is 0.491 e. The third-order valence-electron chi connectivity index (χ3n) is 1.51. The second-order valence-corrected chi connectivity index (χ2v) is 2.30. The Morgan fingerprint density at radius 3 is 2.92 bits per heavy atom.